The average molecular weight is 228 g/mol. The fourth-order valence-corrected chi connectivity index (χ4v) is 1.70. The lowest BCUT2D eigenvalue weighted by molar-refractivity contribution is 0.0696. The van der Waals surface area contributed by atoms with E-state index in [0.717, 1.165) is 5.52 Å². The number of furan rings is 1. The first-order valence-corrected chi connectivity index (χ1v) is 5.00. The smallest absolute Gasteiger partial charge is 0.337 e. The molecule has 0 bridgehead atoms. The highest BCUT2D eigenvalue weighted by molar-refractivity contribution is 5.87. The van der Waals surface area contributed by atoms with E-state index in [1.807, 2.05) is 0 Å². The molecule has 0 atom stereocenters. The molecular formula is C12H8N2O3. The van der Waals surface area contributed by atoms with E-state index < -0.39 is 5.97 Å². The molecule has 1 N–H and O–H groups in total. The van der Waals surface area contributed by atoms with Gasteiger partial charge in [-0.25, -0.2) is 9.78 Å². The molecule has 0 spiro atoms. The Kier molecular flexibility index (Phi) is 1.98. The van der Waals surface area contributed by atoms with Gasteiger partial charge in [-0.1, -0.05) is 0 Å². The first-order chi connectivity index (χ1) is 8.25. The molecule has 5 nitrogen and oxygen atoms in total. The van der Waals surface area contributed by atoms with Gasteiger partial charge in [0.2, 0.25) is 0 Å². The van der Waals surface area contributed by atoms with Crippen LogP contribution in [0.3, 0.4) is 0 Å². The van der Waals surface area contributed by atoms with E-state index in [1.165, 1.54) is 6.20 Å². The quantitative estimate of drug-likeness (QED) is 0.730. The van der Waals surface area contributed by atoms with E-state index in [1.54, 1.807) is 41.1 Å². The second kappa shape index (κ2) is 3.48. The van der Waals surface area contributed by atoms with Crippen LogP contribution in [-0.2, 0) is 0 Å². The molecular weight excluding hydrogens is 220 g/mol. The van der Waals surface area contributed by atoms with Crippen LogP contribution in [0.1, 0.15) is 10.4 Å². The molecule has 0 saturated carbocycles. The number of fused-ring (bicyclic) bond motifs is 1. The summed E-state index contributed by atoms with van der Waals surface area (Å²) in [5, 5.41) is 8.95. The lowest BCUT2D eigenvalue weighted by Crippen LogP contribution is -1.99. The lowest BCUT2D eigenvalue weighted by Gasteiger charge is -2.00. The SMILES string of the molecule is O=C(O)c1ccc2cnc(-c3ccco3)n2c1. The summed E-state index contributed by atoms with van der Waals surface area (Å²) in [6.07, 6.45) is 4.75. The molecule has 0 aliphatic heterocycles. The van der Waals surface area contributed by atoms with Gasteiger partial charge in [0.15, 0.2) is 11.6 Å². The van der Waals surface area contributed by atoms with Crippen LogP contribution in [0.15, 0.2) is 47.3 Å². The number of aromatic carboxylic acids is 1. The number of aromatic nitrogens is 2. The molecule has 3 aromatic rings. The van der Waals surface area contributed by atoms with Gasteiger partial charge in [0, 0.05) is 6.20 Å². The Labute approximate surface area is 95.9 Å². The Balaban J connectivity index is 2.26. The Morgan fingerprint density at radius 3 is 2.94 bits per heavy atom. The first-order valence-electron chi connectivity index (χ1n) is 5.00. The van der Waals surface area contributed by atoms with Crippen molar-refractivity contribution in [3.05, 3.63) is 48.5 Å². The second-order valence-electron chi connectivity index (χ2n) is 3.58. The van der Waals surface area contributed by atoms with E-state index in [-0.39, 0.29) is 5.56 Å². The standard InChI is InChI=1S/C12H8N2O3/c15-12(16)8-3-4-9-6-13-11(14(9)7-8)10-2-1-5-17-10/h1-7H,(H,15,16). The summed E-state index contributed by atoms with van der Waals surface area (Å²) >= 11 is 0. The summed E-state index contributed by atoms with van der Waals surface area (Å²) in [6.45, 7) is 0. The molecule has 5 heteroatoms. The Bertz CT molecular complexity index is 683. The van der Waals surface area contributed by atoms with Gasteiger partial charge >= 0.3 is 5.97 Å². The van der Waals surface area contributed by atoms with E-state index >= 15 is 0 Å². The summed E-state index contributed by atoms with van der Waals surface area (Å²) in [5.41, 5.74) is 1.03. The van der Waals surface area contributed by atoms with E-state index in [9.17, 15) is 4.79 Å². The number of imidazole rings is 1. The van der Waals surface area contributed by atoms with Crippen LogP contribution in [0.2, 0.25) is 0 Å². The zero-order valence-electron chi connectivity index (χ0n) is 8.70. The van der Waals surface area contributed by atoms with Crippen LogP contribution >= 0.6 is 0 Å². The molecule has 0 fully saturated rings. The minimum atomic E-state index is -0.967. The maximum Gasteiger partial charge on any atom is 0.337 e. The molecule has 0 saturated heterocycles. The predicted molar refractivity (Wildman–Crippen MR) is 59.9 cm³/mol. The van der Waals surface area contributed by atoms with Crippen molar-refractivity contribution in [1.29, 1.82) is 0 Å². The number of nitrogens with zero attached hydrogens (tertiary/aromatic N) is 2. The third-order valence-electron chi connectivity index (χ3n) is 2.52. The molecule has 84 valence electrons. The van der Waals surface area contributed by atoms with Crippen molar-refractivity contribution in [2.24, 2.45) is 0 Å². The van der Waals surface area contributed by atoms with E-state index in [0.29, 0.717) is 11.6 Å². The monoisotopic (exact) mass is 228 g/mol. The number of carbonyl (C=O) groups is 1. The van der Waals surface area contributed by atoms with E-state index in [4.69, 9.17) is 9.52 Å². The molecule has 0 amide bonds. The molecule has 0 aromatic carbocycles. The Morgan fingerprint density at radius 2 is 2.24 bits per heavy atom. The molecule has 0 unspecified atom stereocenters. The average Bonchev–Trinajstić information content (AvgIpc) is 2.96. The maximum atomic E-state index is 10.9. The minimum Gasteiger partial charge on any atom is -0.478 e. The van der Waals surface area contributed by atoms with Crippen molar-refractivity contribution >= 4 is 11.5 Å². The Morgan fingerprint density at radius 1 is 1.35 bits per heavy atom. The van der Waals surface area contributed by atoms with Gasteiger partial charge in [0.1, 0.15) is 0 Å². The minimum absolute atomic E-state index is 0.211. The first kappa shape index (κ1) is 9.65. The van der Waals surface area contributed by atoms with Gasteiger partial charge < -0.3 is 9.52 Å². The fraction of sp³-hybridized carbons (Fsp3) is 0. The molecule has 0 aliphatic rings. The van der Waals surface area contributed by atoms with Crippen molar-refractivity contribution in [1.82, 2.24) is 9.38 Å². The van der Waals surface area contributed by atoms with Crippen LogP contribution in [0.5, 0.6) is 0 Å². The van der Waals surface area contributed by atoms with Gasteiger partial charge in [-0.15, -0.1) is 0 Å². The van der Waals surface area contributed by atoms with Gasteiger partial charge in [-0.3, -0.25) is 4.40 Å². The molecule has 0 aliphatic carbocycles. The van der Waals surface area contributed by atoms with Gasteiger partial charge in [0.05, 0.1) is 23.5 Å². The summed E-state index contributed by atoms with van der Waals surface area (Å²) in [5.74, 6) is 0.228. The van der Waals surface area contributed by atoms with Crippen LogP contribution in [0.4, 0.5) is 0 Å². The molecule has 3 aromatic heterocycles. The topological polar surface area (TPSA) is 67.7 Å². The molecule has 3 heterocycles. The third kappa shape index (κ3) is 1.48. The van der Waals surface area contributed by atoms with Gasteiger partial charge in [0.25, 0.3) is 0 Å². The summed E-state index contributed by atoms with van der Waals surface area (Å²) in [7, 11) is 0. The predicted octanol–water partition coefficient (Wildman–Crippen LogP) is 2.29. The highest BCUT2D eigenvalue weighted by Gasteiger charge is 2.11. The van der Waals surface area contributed by atoms with Gasteiger partial charge in [-0.2, -0.15) is 0 Å². The van der Waals surface area contributed by atoms with Crippen molar-refractivity contribution in [2.45, 2.75) is 0 Å². The molecule has 17 heavy (non-hydrogen) atoms. The fourth-order valence-electron chi connectivity index (χ4n) is 1.70. The van der Waals surface area contributed by atoms with E-state index in [2.05, 4.69) is 4.98 Å². The zero-order chi connectivity index (χ0) is 11.8. The normalized spacial score (nSPS) is 10.8. The summed E-state index contributed by atoms with van der Waals surface area (Å²) < 4.78 is 6.95. The number of hydrogen-bond acceptors (Lipinski definition) is 3. The number of carboxylic acids is 1. The summed E-state index contributed by atoms with van der Waals surface area (Å²) in [4.78, 5) is 15.1. The molecule has 0 radical (unpaired) electrons. The van der Waals surface area contributed by atoms with Crippen LogP contribution in [0.25, 0.3) is 17.1 Å². The lowest BCUT2D eigenvalue weighted by atomic mass is 10.3. The third-order valence-corrected chi connectivity index (χ3v) is 2.52. The highest BCUT2D eigenvalue weighted by Crippen LogP contribution is 2.20. The van der Waals surface area contributed by atoms with Crippen molar-refractivity contribution in [2.75, 3.05) is 0 Å². The second-order valence-corrected chi connectivity index (χ2v) is 3.58. The van der Waals surface area contributed by atoms with Crippen LogP contribution in [0, 0.1) is 0 Å². The molecule has 3 rings (SSSR count). The number of rotatable bonds is 2. The van der Waals surface area contributed by atoms with Crippen molar-refractivity contribution in [3.63, 3.8) is 0 Å². The van der Waals surface area contributed by atoms with Gasteiger partial charge in [-0.05, 0) is 24.3 Å². The Hall–Kier alpha value is -2.56. The highest BCUT2D eigenvalue weighted by atomic mass is 16.4. The van der Waals surface area contributed by atoms with Crippen molar-refractivity contribution in [3.8, 4) is 11.6 Å². The van der Waals surface area contributed by atoms with Crippen LogP contribution in [-0.4, -0.2) is 20.5 Å². The number of pyridine rings is 1. The number of hydrogen-bond donors (Lipinski definition) is 1. The maximum absolute atomic E-state index is 10.9. The van der Waals surface area contributed by atoms with Crippen molar-refractivity contribution < 1.29 is 14.3 Å². The largest absolute Gasteiger partial charge is 0.478 e. The van der Waals surface area contributed by atoms with Crippen LogP contribution < -0.4 is 0 Å². The summed E-state index contributed by atoms with van der Waals surface area (Å²) in [6, 6.07) is 6.80. The zero-order valence-corrected chi connectivity index (χ0v) is 8.70. The number of carboxylic acid groups (broad SMARTS) is 1.